The zero-order valence-electron chi connectivity index (χ0n) is 9.66. The number of rotatable bonds is 3. The van der Waals surface area contributed by atoms with E-state index >= 15 is 0 Å². The number of hydrogen-bond donors (Lipinski definition) is 1. The molecule has 0 saturated heterocycles. The van der Waals surface area contributed by atoms with E-state index in [1.54, 1.807) is 0 Å². The average molecular weight is 232 g/mol. The molecular weight excluding hydrogens is 216 g/mol. The lowest BCUT2D eigenvalue weighted by atomic mass is 10.1. The van der Waals surface area contributed by atoms with Gasteiger partial charge in [-0.15, -0.1) is 0 Å². The van der Waals surface area contributed by atoms with Gasteiger partial charge in [0.15, 0.2) is 4.77 Å². The molecule has 0 fully saturated rings. The zero-order chi connectivity index (χ0) is 11.5. The third-order valence-corrected chi connectivity index (χ3v) is 3.09. The summed E-state index contributed by atoms with van der Waals surface area (Å²) in [6.45, 7) is 5.06. The number of hydrogen-bond acceptors (Lipinski definition) is 1. The van der Waals surface area contributed by atoms with Crippen molar-refractivity contribution in [2.24, 2.45) is 0 Å². The maximum atomic E-state index is 5.26. The highest BCUT2D eigenvalue weighted by Crippen LogP contribution is 2.12. The van der Waals surface area contributed by atoms with Crippen LogP contribution in [0.3, 0.4) is 0 Å². The summed E-state index contributed by atoms with van der Waals surface area (Å²) in [6.07, 6.45) is 3.13. The predicted molar refractivity (Wildman–Crippen MR) is 69.3 cm³/mol. The second-order valence-electron chi connectivity index (χ2n) is 3.99. The molecule has 1 aromatic heterocycles. The monoisotopic (exact) mass is 232 g/mol. The number of aromatic amines is 1. The Balaban J connectivity index is 2.33. The van der Waals surface area contributed by atoms with Gasteiger partial charge in [0.1, 0.15) is 0 Å². The number of nitrogens with one attached hydrogen (secondary N) is 1. The molecule has 2 nitrogen and oxygen atoms in total. The predicted octanol–water partition coefficient (Wildman–Crippen LogP) is 3.46. The van der Waals surface area contributed by atoms with E-state index in [9.17, 15) is 0 Å². The van der Waals surface area contributed by atoms with Gasteiger partial charge in [-0.2, -0.15) is 0 Å². The summed E-state index contributed by atoms with van der Waals surface area (Å²) in [7, 11) is 0. The van der Waals surface area contributed by atoms with Crippen LogP contribution in [-0.4, -0.2) is 9.55 Å². The molecule has 16 heavy (non-hydrogen) atoms. The van der Waals surface area contributed by atoms with Crippen LogP contribution in [0.4, 0.5) is 0 Å². The first-order chi connectivity index (χ1) is 7.70. The lowest BCUT2D eigenvalue weighted by Gasteiger charge is -2.07. The molecule has 0 bridgehead atoms. The fourth-order valence-electron chi connectivity index (χ4n) is 1.92. The molecule has 0 aliphatic rings. The molecule has 2 rings (SSSR count). The van der Waals surface area contributed by atoms with E-state index in [0.717, 1.165) is 23.4 Å². The van der Waals surface area contributed by atoms with Crippen molar-refractivity contribution < 1.29 is 0 Å². The molecule has 84 valence electrons. The van der Waals surface area contributed by atoms with Gasteiger partial charge in [-0.25, -0.2) is 0 Å². The summed E-state index contributed by atoms with van der Waals surface area (Å²) < 4.78 is 2.88. The van der Waals surface area contributed by atoms with Crippen LogP contribution in [0.25, 0.3) is 0 Å². The van der Waals surface area contributed by atoms with Crippen LogP contribution < -0.4 is 0 Å². The topological polar surface area (TPSA) is 20.7 Å². The van der Waals surface area contributed by atoms with Crippen LogP contribution in [0.5, 0.6) is 0 Å². The summed E-state index contributed by atoms with van der Waals surface area (Å²) in [5, 5.41) is 0. The Morgan fingerprint density at radius 3 is 2.50 bits per heavy atom. The minimum absolute atomic E-state index is 0.795. The van der Waals surface area contributed by atoms with Crippen LogP contribution in [0.2, 0.25) is 0 Å². The summed E-state index contributed by atoms with van der Waals surface area (Å²) in [4.78, 5) is 3.14. The number of aryl methyl sites for hydroxylation is 2. The highest BCUT2D eigenvalue weighted by Gasteiger charge is 2.02. The number of H-pyrrole nitrogens is 1. The lowest BCUT2D eigenvalue weighted by Crippen LogP contribution is -2.01. The highest BCUT2D eigenvalue weighted by atomic mass is 32.1. The molecule has 3 heteroatoms. The summed E-state index contributed by atoms with van der Waals surface area (Å²) in [5.41, 5.74) is 3.85. The van der Waals surface area contributed by atoms with Crippen molar-refractivity contribution in [2.45, 2.75) is 26.8 Å². The second-order valence-corrected chi connectivity index (χ2v) is 4.38. The van der Waals surface area contributed by atoms with Crippen LogP contribution in [0.1, 0.15) is 23.7 Å². The molecular formula is C13H16N2S. The van der Waals surface area contributed by atoms with Crippen LogP contribution in [0, 0.1) is 11.7 Å². The van der Waals surface area contributed by atoms with Gasteiger partial charge in [-0.3, -0.25) is 0 Å². The quantitative estimate of drug-likeness (QED) is 0.804. The maximum absolute atomic E-state index is 5.26. The Bertz CT molecular complexity index is 537. The Hall–Kier alpha value is -1.35. The molecule has 1 N–H and O–H groups in total. The van der Waals surface area contributed by atoms with Gasteiger partial charge in [-0.05, 0) is 36.7 Å². The van der Waals surface area contributed by atoms with E-state index in [0.29, 0.717) is 0 Å². The normalized spacial score (nSPS) is 10.6. The number of nitrogens with zero attached hydrogens (tertiary/aromatic N) is 1. The number of imidazole rings is 1. The fourth-order valence-corrected chi connectivity index (χ4v) is 2.20. The van der Waals surface area contributed by atoms with Crippen molar-refractivity contribution >= 4 is 12.2 Å². The van der Waals surface area contributed by atoms with Crippen molar-refractivity contribution in [3.63, 3.8) is 0 Å². The van der Waals surface area contributed by atoms with E-state index in [-0.39, 0.29) is 0 Å². The molecule has 0 spiro atoms. The number of aromatic nitrogens is 2. The van der Waals surface area contributed by atoms with Gasteiger partial charge in [0.2, 0.25) is 0 Å². The van der Waals surface area contributed by atoms with Crippen LogP contribution in [0.15, 0.2) is 30.5 Å². The van der Waals surface area contributed by atoms with Crippen molar-refractivity contribution in [1.82, 2.24) is 9.55 Å². The molecule has 0 saturated carbocycles. The second kappa shape index (κ2) is 4.66. The molecule has 0 atom stereocenters. The third-order valence-electron chi connectivity index (χ3n) is 2.75. The van der Waals surface area contributed by atoms with E-state index in [4.69, 9.17) is 12.2 Å². The molecule has 0 aliphatic carbocycles. The molecule has 0 aliphatic heterocycles. The van der Waals surface area contributed by atoms with Gasteiger partial charge in [0.25, 0.3) is 0 Å². The maximum Gasteiger partial charge on any atom is 0.177 e. The molecule has 1 heterocycles. The first-order valence-electron chi connectivity index (χ1n) is 5.53. The van der Waals surface area contributed by atoms with Crippen molar-refractivity contribution in [3.05, 3.63) is 52.1 Å². The van der Waals surface area contributed by atoms with Crippen LogP contribution >= 0.6 is 12.2 Å². The Kier molecular flexibility index (Phi) is 3.25. The molecule has 0 radical (unpaired) electrons. The van der Waals surface area contributed by atoms with Crippen molar-refractivity contribution in [2.75, 3.05) is 0 Å². The van der Waals surface area contributed by atoms with Gasteiger partial charge >= 0.3 is 0 Å². The van der Waals surface area contributed by atoms with Gasteiger partial charge in [-0.1, -0.05) is 31.2 Å². The largest absolute Gasteiger partial charge is 0.335 e. The summed E-state index contributed by atoms with van der Waals surface area (Å²) in [6, 6.07) is 8.52. The van der Waals surface area contributed by atoms with Crippen molar-refractivity contribution in [1.29, 1.82) is 0 Å². The zero-order valence-corrected chi connectivity index (χ0v) is 10.5. The van der Waals surface area contributed by atoms with E-state index < -0.39 is 0 Å². The lowest BCUT2D eigenvalue weighted by molar-refractivity contribution is 0.774. The van der Waals surface area contributed by atoms with Gasteiger partial charge in [0, 0.05) is 11.9 Å². The Morgan fingerprint density at radius 1 is 1.25 bits per heavy atom. The number of benzene rings is 1. The van der Waals surface area contributed by atoms with Gasteiger partial charge < -0.3 is 9.55 Å². The van der Waals surface area contributed by atoms with Gasteiger partial charge in [0.05, 0.1) is 6.54 Å². The minimum Gasteiger partial charge on any atom is -0.335 e. The summed E-state index contributed by atoms with van der Waals surface area (Å²) >= 11 is 5.26. The first-order valence-corrected chi connectivity index (χ1v) is 5.94. The SMILES string of the molecule is CCc1ccccc1Cn1cc(C)[nH]c1=S. The fraction of sp³-hybridized carbons (Fsp3) is 0.308. The Morgan fingerprint density at radius 2 is 1.94 bits per heavy atom. The molecule has 2 aromatic rings. The standard InChI is InChI=1S/C13H16N2S/c1-3-11-6-4-5-7-12(11)9-15-8-10(2)14-13(15)16/h4-8H,3,9H2,1-2H3,(H,14,16). The third kappa shape index (κ3) is 2.25. The average Bonchev–Trinajstić information content (AvgIpc) is 2.58. The van der Waals surface area contributed by atoms with E-state index in [1.807, 2.05) is 6.92 Å². The highest BCUT2D eigenvalue weighted by molar-refractivity contribution is 7.71. The van der Waals surface area contributed by atoms with E-state index in [1.165, 1.54) is 11.1 Å². The van der Waals surface area contributed by atoms with Crippen LogP contribution in [-0.2, 0) is 13.0 Å². The molecule has 0 unspecified atom stereocenters. The minimum atomic E-state index is 0.795. The van der Waals surface area contributed by atoms with E-state index in [2.05, 4.69) is 46.9 Å². The van der Waals surface area contributed by atoms with Crippen molar-refractivity contribution in [3.8, 4) is 0 Å². The first kappa shape index (κ1) is 11.1. The Labute approximate surface area is 101 Å². The molecule has 0 amide bonds. The molecule has 1 aromatic carbocycles. The smallest absolute Gasteiger partial charge is 0.177 e. The summed E-state index contributed by atoms with van der Waals surface area (Å²) in [5.74, 6) is 0.